The summed E-state index contributed by atoms with van der Waals surface area (Å²) in [5.41, 5.74) is 1.54. The lowest BCUT2D eigenvalue weighted by atomic mass is 10.0. The smallest absolute Gasteiger partial charge is 0.00820 e. The van der Waals surface area contributed by atoms with Gasteiger partial charge in [-0.05, 0) is 37.5 Å². The Bertz CT molecular complexity index is 188. The van der Waals surface area contributed by atoms with Gasteiger partial charge in [0.15, 0.2) is 0 Å². The molecule has 0 heterocycles. The molecule has 0 bridgehead atoms. The minimum absolute atomic E-state index is 0.541. The van der Waals surface area contributed by atoms with E-state index in [1.165, 1.54) is 18.4 Å². The van der Waals surface area contributed by atoms with Crippen molar-refractivity contribution < 1.29 is 0 Å². The summed E-state index contributed by atoms with van der Waals surface area (Å²) in [6.45, 7) is 10.5. The molecule has 0 aromatic heterocycles. The molecule has 1 aliphatic rings. The van der Waals surface area contributed by atoms with Crippen LogP contribution in [0.5, 0.6) is 0 Å². The number of rotatable bonds is 4. The molecular weight excluding hydrogens is 144 g/mol. The maximum atomic E-state index is 3.78. The van der Waals surface area contributed by atoms with Crippen molar-refractivity contribution in [3.63, 3.8) is 0 Å². The number of hydrogen-bond donors (Lipinski definition) is 0. The Kier molecular flexibility index (Phi) is 3.13. The Morgan fingerprint density at radius 2 is 2.25 bits per heavy atom. The molecule has 0 aromatic rings. The molecule has 0 saturated heterocycles. The van der Waals surface area contributed by atoms with Gasteiger partial charge in [-0.25, -0.2) is 0 Å². The second-order valence-electron chi connectivity index (χ2n) is 4.29. The van der Waals surface area contributed by atoms with Crippen LogP contribution in [0.2, 0.25) is 0 Å². The molecule has 3 atom stereocenters. The van der Waals surface area contributed by atoms with Crippen molar-refractivity contribution in [2.75, 3.05) is 0 Å². The van der Waals surface area contributed by atoms with E-state index < -0.39 is 0 Å². The fraction of sp³-hybridized carbons (Fsp3) is 0.667. The fourth-order valence-electron chi connectivity index (χ4n) is 1.68. The summed E-state index contributed by atoms with van der Waals surface area (Å²) in [5, 5.41) is 0. The topological polar surface area (TPSA) is 0 Å². The van der Waals surface area contributed by atoms with Gasteiger partial charge in [-0.3, -0.25) is 0 Å². The Morgan fingerprint density at radius 1 is 1.67 bits per heavy atom. The van der Waals surface area contributed by atoms with Gasteiger partial charge in [-0.1, -0.05) is 31.6 Å². The fourth-order valence-corrected chi connectivity index (χ4v) is 1.68. The van der Waals surface area contributed by atoms with Crippen LogP contribution in [0, 0.1) is 17.8 Å². The lowest BCUT2D eigenvalue weighted by Gasteiger charge is -2.02. The molecule has 0 amide bonds. The number of hydrogen-bond acceptors (Lipinski definition) is 0. The van der Waals surface area contributed by atoms with Crippen molar-refractivity contribution in [1.82, 2.24) is 0 Å². The average Bonchev–Trinajstić information content (AvgIpc) is 2.66. The molecule has 0 heteroatoms. The summed E-state index contributed by atoms with van der Waals surface area (Å²) in [6.07, 6.45) is 7.07. The zero-order chi connectivity index (χ0) is 9.14. The lowest BCUT2D eigenvalue weighted by Crippen LogP contribution is -1.87. The molecule has 1 saturated carbocycles. The molecule has 3 unspecified atom stereocenters. The SMILES string of the molecule is C=CC(C)C=C(C)CC1CC1C. The Morgan fingerprint density at radius 3 is 2.67 bits per heavy atom. The van der Waals surface area contributed by atoms with Crippen LogP contribution in [0.25, 0.3) is 0 Å². The first-order chi connectivity index (χ1) is 5.63. The van der Waals surface area contributed by atoms with Crippen molar-refractivity contribution in [3.05, 3.63) is 24.3 Å². The zero-order valence-corrected chi connectivity index (χ0v) is 8.51. The molecule has 0 radical (unpaired) electrons. The quantitative estimate of drug-likeness (QED) is 0.554. The summed E-state index contributed by atoms with van der Waals surface area (Å²) in [7, 11) is 0. The first kappa shape index (κ1) is 9.57. The van der Waals surface area contributed by atoms with Gasteiger partial charge in [0.05, 0.1) is 0 Å². The van der Waals surface area contributed by atoms with Crippen LogP contribution in [0.4, 0.5) is 0 Å². The van der Waals surface area contributed by atoms with Gasteiger partial charge < -0.3 is 0 Å². The second kappa shape index (κ2) is 3.93. The normalized spacial score (nSPS) is 31.4. The van der Waals surface area contributed by atoms with E-state index in [9.17, 15) is 0 Å². The summed E-state index contributed by atoms with van der Waals surface area (Å²) in [5.74, 6) is 2.50. The first-order valence-electron chi connectivity index (χ1n) is 4.93. The van der Waals surface area contributed by atoms with Gasteiger partial charge >= 0.3 is 0 Å². The van der Waals surface area contributed by atoms with Gasteiger partial charge in [0.1, 0.15) is 0 Å². The van der Waals surface area contributed by atoms with Crippen LogP contribution >= 0.6 is 0 Å². The molecule has 0 aromatic carbocycles. The largest absolute Gasteiger partial charge is 0.102 e. The highest BCUT2D eigenvalue weighted by Gasteiger charge is 2.31. The zero-order valence-electron chi connectivity index (χ0n) is 8.51. The molecule has 12 heavy (non-hydrogen) atoms. The van der Waals surface area contributed by atoms with Gasteiger partial charge in [0.25, 0.3) is 0 Å². The molecule has 0 N–H and O–H groups in total. The van der Waals surface area contributed by atoms with Crippen LogP contribution in [0.3, 0.4) is 0 Å². The molecule has 0 aliphatic heterocycles. The highest BCUT2D eigenvalue weighted by Crippen LogP contribution is 2.42. The molecule has 0 spiro atoms. The third-order valence-corrected chi connectivity index (χ3v) is 2.78. The van der Waals surface area contributed by atoms with Crippen LogP contribution in [0.15, 0.2) is 24.3 Å². The van der Waals surface area contributed by atoms with Crippen molar-refractivity contribution in [1.29, 1.82) is 0 Å². The second-order valence-corrected chi connectivity index (χ2v) is 4.29. The molecule has 0 nitrogen and oxygen atoms in total. The van der Waals surface area contributed by atoms with Crippen LogP contribution in [-0.4, -0.2) is 0 Å². The van der Waals surface area contributed by atoms with E-state index in [0.29, 0.717) is 5.92 Å². The standard InChI is InChI=1S/C12H20/c1-5-9(2)6-10(3)7-12-8-11(12)4/h5-6,9,11-12H,1,7-8H2,2-4H3. The van der Waals surface area contributed by atoms with Gasteiger partial charge in [-0.15, -0.1) is 6.58 Å². The maximum Gasteiger partial charge on any atom is -0.00820 e. The highest BCUT2D eigenvalue weighted by atomic mass is 14.4. The van der Waals surface area contributed by atoms with Crippen molar-refractivity contribution in [2.24, 2.45) is 17.8 Å². The Balaban J connectivity index is 2.31. The van der Waals surface area contributed by atoms with Gasteiger partial charge in [0, 0.05) is 0 Å². The summed E-state index contributed by atoms with van der Waals surface area (Å²) >= 11 is 0. The van der Waals surface area contributed by atoms with Gasteiger partial charge in [0.2, 0.25) is 0 Å². The van der Waals surface area contributed by atoms with E-state index in [-0.39, 0.29) is 0 Å². The van der Waals surface area contributed by atoms with Crippen molar-refractivity contribution in [3.8, 4) is 0 Å². The van der Waals surface area contributed by atoms with E-state index in [2.05, 4.69) is 33.4 Å². The third kappa shape index (κ3) is 2.84. The van der Waals surface area contributed by atoms with Crippen LogP contribution in [0.1, 0.15) is 33.6 Å². The molecule has 1 fully saturated rings. The average molecular weight is 164 g/mol. The predicted molar refractivity (Wildman–Crippen MR) is 55.0 cm³/mol. The molecular formula is C12H20. The monoisotopic (exact) mass is 164 g/mol. The minimum atomic E-state index is 0.541. The minimum Gasteiger partial charge on any atom is -0.102 e. The van der Waals surface area contributed by atoms with E-state index in [1.54, 1.807) is 0 Å². The highest BCUT2D eigenvalue weighted by molar-refractivity contribution is 5.07. The number of allylic oxidation sites excluding steroid dienone is 3. The van der Waals surface area contributed by atoms with E-state index >= 15 is 0 Å². The summed E-state index contributed by atoms with van der Waals surface area (Å²) in [4.78, 5) is 0. The Hall–Kier alpha value is -0.520. The van der Waals surface area contributed by atoms with Crippen LogP contribution < -0.4 is 0 Å². The van der Waals surface area contributed by atoms with Crippen LogP contribution in [-0.2, 0) is 0 Å². The van der Waals surface area contributed by atoms with E-state index in [0.717, 1.165) is 11.8 Å². The first-order valence-corrected chi connectivity index (χ1v) is 4.93. The molecule has 68 valence electrons. The molecule has 1 rings (SSSR count). The Labute approximate surface area is 76.4 Å². The maximum absolute atomic E-state index is 3.78. The molecule has 1 aliphatic carbocycles. The summed E-state index contributed by atoms with van der Waals surface area (Å²) < 4.78 is 0. The lowest BCUT2D eigenvalue weighted by molar-refractivity contribution is 0.732. The van der Waals surface area contributed by atoms with E-state index in [1.807, 2.05) is 6.08 Å². The van der Waals surface area contributed by atoms with Gasteiger partial charge in [-0.2, -0.15) is 0 Å². The predicted octanol–water partition coefficient (Wildman–Crippen LogP) is 3.80. The van der Waals surface area contributed by atoms with Crippen molar-refractivity contribution >= 4 is 0 Å². The van der Waals surface area contributed by atoms with E-state index in [4.69, 9.17) is 0 Å². The van der Waals surface area contributed by atoms with Crippen molar-refractivity contribution in [2.45, 2.75) is 33.6 Å². The third-order valence-electron chi connectivity index (χ3n) is 2.78. The summed E-state index contributed by atoms with van der Waals surface area (Å²) in [6, 6.07) is 0.